The fourth-order valence-electron chi connectivity index (χ4n) is 2.64. The van der Waals surface area contributed by atoms with Gasteiger partial charge in [-0.2, -0.15) is 5.10 Å². The first-order chi connectivity index (χ1) is 9.99. The van der Waals surface area contributed by atoms with Crippen molar-refractivity contribution in [1.29, 1.82) is 0 Å². The van der Waals surface area contributed by atoms with Crippen molar-refractivity contribution >= 4 is 21.6 Å². The molecule has 0 radical (unpaired) electrons. The van der Waals surface area contributed by atoms with Crippen LogP contribution in [0.25, 0.3) is 0 Å². The summed E-state index contributed by atoms with van der Waals surface area (Å²) < 4.78 is 29.5. The van der Waals surface area contributed by atoms with Crippen molar-refractivity contribution < 1.29 is 8.42 Å². The van der Waals surface area contributed by atoms with Crippen LogP contribution in [-0.4, -0.2) is 23.2 Å². The fourth-order valence-corrected chi connectivity index (χ4v) is 4.32. The molecule has 8 heteroatoms. The quantitative estimate of drug-likeness (QED) is 0.933. The number of aryl methyl sites for hydroxylation is 1. The number of nitrogens with one attached hydrogen (secondary N) is 1. The third-order valence-corrected chi connectivity index (χ3v) is 5.64. The maximum atomic E-state index is 12.5. The van der Waals surface area contributed by atoms with E-state index in [2.05, 4.69) is 14.8 Å². The van der Waals surface area contributed by atoms with Gasteiger partial charge < -0.3 is 0 Å². The van der Waals surface area contributed by atoms with Gasteiger partial charge in [0, 0.05) is 30.7 Å². The van der Waals surface area contributed by atoms with Gasteiger partial charge >= 0.3 is 0 Å². The number of hydrogen-bond acceptors (Lipinski definition) is 4. The van der Waals surface area contributed by atoms with Crippen LogP contribution in [0.5, 0.6) is 0 Å². The van der Waals surface area contributed by atoms with Gasteiger partial charge in [0.15, 0.2) is 0 Å². The molecule has 1 N–H and O–H groups in total. The molecule has 0 fully saturated rings. The van der Waals surface area contributed by atoms with Crippen molar-refractivity contribution in [1.82, 2.24) is 19.5 Å². The summed E-state index contributed by atoms with van der Waals surface area (Å²) in [5.41, 5.74) is 2.01. The SMILES string of the molecule is Cn1ncc2c1CCCC2NS(=O)(=O)c1cnccc1Cl. The molecule has 0 spiro atoms. The van der Waals surface area contributed by atoms with Crippen molar-refractivity contribution in [3.8, 4) is 0 Å². The Balaban J connectivity index is 1.93. The summed E-state index contributed by atoms with van der Waals surface area (Å²) in [6.07, 6.45) is 7.03. The highest BCUT2D eigenvalue weighted by Gasteiger charge is 2.29. The van der Waals surface area contributed by atoms with E-state index in [4.69, 9.17) is 11.6 Å². The van der Waals surface area contributed by atoms with Gasteiger partial charge in [0.25, 0.3) is 0 Å². The lowest BCUT2D eigenvalue weighted by molar-refractivity contribution is 0.498. The minimum absolute atomic E-state index is 0.00248. The summed E-state index contributed by atoms with van der Waals surface area (Å²) in [6, 6.07) is 1.19. The highest BCUT2D eigenvalue weighted by atomic mass is 35.5. The molecule has 1 aliphatic rings. The van der Waals surface area contributed by atoms with E-state index in [9.17, 15) is 8.42 Å². The van der Waals surface area contributed by atoms with Crippen LogP contribution in [0.2, 0.25) is 5.02 Å². The molecular weight excluding hydrogens is 312 g/mol. The Labute approximate surface area is 128 Å². The molecule has 1 atom stereocenters. The lowest BCUT2D eigenvalue weighted by Gasteiger charge is -2.23. The summed E-state index contributed by atoms with van der Waals surface area (Å²) >= 11 is 5.96. The van der Waals surface area contributed by atoms with Gasteiger partial charge in [0.2, 0.25) is 10.0 Å². The van der Waals surface area contributed by atoms with Gasteiger partial charge in [-0.15, -0.1) is 0 Å². The number of fused-ring (bicyclic) bond motifs is 1. The predicted molar refractivity (Wildman–Crippen MR) is 78.5 cm³/mol. The highest BCUT2D eigenvalue weighted by molar-refractivity contribution is 7.89. The van der Waals surface area contributed by atoms with Crippen molar-refractivity contribution in [2.45, 2.75) is 30.2 Å². The molecule has 2 aromatic rings. The van der Waals surface area contributed by atoms with E-state index in [0.717, 1.165) is 30.5 Å². The lowest BCUT2D eigenvalue weighted by atomic mass is 9.94. The Hall–Kier alpha value is -1.44. The van der Waals surface area contributed by atoms with Crippen LogP contribution >= 0.6 is 11.6 Å². The maximum Gasteiger partial charge on any atom is 0.244 e. The van der Waals surface area contributed by atoms with Crippen molar-refractivity contribution in [2.24, 2.45) is 7.05 Å². The standard InChI is InChI=1S/C13H15ClN4O2S/c1-18-12-4-2-3-11(9(12)7-16-18)17-21(19,20)13-8-15-6-5-10(13)14/h5-8,11,17H,2-4H2,1H3. The van der Waals surface area contributed by atoms with E-state index in [1.165, 1.54) is 18.5 Å². The summed E-state index contributed by atoms with van der Waals surface area (Å²) in [5.74, 6) is 0. The molecule has 0 saturated heterocycles. The molecule has 0 amide bonds. The largest absolute Gasteiger partial charge is 0.272 e. The molecule has 0 bridgehead atoms. The van der Waals surface area contributed by atoms with E-state index in [-0.39, 0.29) is 16.0 Å². The van der Waals surface area contributed by atoms with Crippen molar-refractivity contribution in [2.75, 3.05) is 0 Å². The van der Waals surface area contributed by atoms with E-state index in [1.807, 2.05) is 7.05 Å². The second kappa shape index (κ2) is 5.40. The Kier molecular flexibility index (Phi) is 3.73. The number of aromatic nitrogens is 3. The third kappa shape index (κ3) is 2.68. The zero-order chi connectivity index (χ0) is 15.0. The molecule has 0 aliphatic heterocycles. The molecule has 0 aromatic carbocycles. The van der Waals surface area contributed by atoms with Crippen LogP contribution in [0.1, 0.15) is 30.1 Å². The monoisotopic (exact) mass is 326 g/mol. The molecule has 21 heavy (non-hydrogen) atoms. The van der Waals surface area contributed by atoms with Gasteiger partial charge in [0.1, 0.15) is 4.90 Å². The third-order valence-electron chi connectivity index (χ3n) is 3.70. The zero-order valence-electron chi connectivity index (χ0n) is 11.5. The average molecular weight is 327 g/mol. The molecule has 112 valence electrons. The predicted octanol–water partition coefficient (Wildman–Crippen LogP) is 1.82. The topological polar surface area (TPSA) is 76.9 Å². The van der Waals surface area contributed by atoms with Crippen LogP contribution in [0.15, 0.2) is 29.6 Å². The number of nitrogens with zero attached hydrogens (tertiary/aromatic N) is 3. The minimum atomic E-state index is -3.71. The molecule has 3 rings (SSSR count). The summed E-state index contributed by atoms with van der Waals surface area (Å²) in [5, 5.41) is 4.38. The van der Waals surface area contributed by atoms with Crippen LogP contribution < -0.4 is 4.72 Å². The minimum Gasteiger partial charge on any atom is -0.272 e. The fraction of sp³-hybridized carbons (Fsp3) is 0.385. The normalized spacial score (nSPS) is 18.5. The van der Waals surface area contributed by atoms with Gasteiger partial charge in [-0.3, -0.25) is 9.67 Å². The van der Waals surface area contributed by atoms with Crippen LogP contribution in [0.3, 0.4) is 0 Å². The smallest absolute Gasteiger partial charge is 0.244 e. The van der Waals surface area contributed by atoms with Gasteiger partial charge in [-0.25, -0.2) is 13.1 Å². The molecule has 2 aromatic heterocycles. The Bertz CT molecular complexity index is 772. The summed E-state index contributed by atoms with van der Waals surface area (Å²) in [6.45, 7) is 0. The van der Waals surface area contributed by atoms with E-state index >= 15 is 0 Å². The second-order valence-electron chi connectivity index (χ2n) is 5.04. The molecule has 6 nitrogen and oxygen atoms in total. The van der Waals surface area contributed by atoms with Gasteiger partial charge in [0.05, 0.1) is 17.3 Å². The number of rotatable bonds is 3. The first kappa shape index (κ1) is 14.5. The van der Waals surface area contributed by atoms with Crippen LogP contribution in [0, 0.1) is 0 Å². The van der Waals surface area contributed by atoms with Crippen LogP contribution in [-0.2, 0) is 23.5 Å². The summed E-state index contributed by atoms with van der Waals surface area (Å²) in [4.78, 5) is 3.84. The molecule has 2 heterocycles. The first-order valence-corrected chi connectivity index (χ1v) is 8.48. The maximum absolute atomic E-state index is 12.5. The molecule has 0 saturated carbocycles. The molecule has 1 aliphatic carbocycles. The average Bonchev–Trinajstić information content (AvgIpc) is 2.82. The van der Waals surface area contributed by atoms with Gasteiger partial charge in [-0.05, 0) is 25.3 Å². The lowest BCUT2D eigenvalue weighted by Crippen LogP contribution is -2.31. The molecule has 1 unspecified atom stereocenters. The number of pyridine rings is 1. The van der Waals surface area contributed by atoms with Crippen molar-refractivity contribution in [3.63, 3.8) is 0 Å². The van der Waals surface area contributed by atoms with E-state index in [1.54, 1.807) is 10.9 Å². The zero-order valence-corrected chi connectivity index (χ0v) is 13.0. The highest BCUT2D eigenvalue weighted by Crippen LogP contribution is 2.31. The number of hydrogen-bond donors (Lipinski definition) is 1. The van der Waals surface area contributed by atoms with Crippen LogP contribution in [0.4, 0.5) is 0 Å². The van der Waals surface area contributed by atoms with E-state index in [0.29, 0.717) is 0 Å². The van der Waals surface area contributed by atoms with E-state index < -0.39 is 10.0 Å². The van der Waals surface area contributed by atoms with Crippen molar-refractivity contribution in [3.05, 3.63) is 40.9 Å². The van der Waals surface area contributed by atoms with Gasteiger partial charge in [-0.1, -0.05) is 11.6 Å². The number of halogens is 1. The first-order valence-electron chi connectivity index (χ1n) is 6.61. The molecular formula is C13H15ClN4O2S. The Morgan fingerprint density at radius 2 is 2.24 bits per heavy atom. The summed E-state index contributed by atoms with van der Waals surface area (Å²) in [7, 11) is -1.84. The second-order valence-corrected chi connectivity index (χ2v) is 7.13. The number of sulfonamides is 1. The Morgan fingerprint density at radius 1 is 1.43 bits per heavy atom. The Morgan fingerprint density at radius 3 is 3.00 bits per heavy atom.